The van der Waals surface area contributed by atoms with Gasteiger partial charge in [-0.2, -0.15) is 0 Å². The van der Waals surface area contributed by atoms with Crippen LogP contribution in [0.5, 0.6) is 0 Å². The molecule has 0 fully saturated rings. The Balaban J connectivity index is 1.84. The van der Waals surface area contributed by atoms with Crippen LogP contribution >= 0.6 is 0 Å². The molecule has 23 heavy (non-hydrogen) atoms. The van der Waals surface area contributed by atoms with Crippen molar-refractivity contribution < 1.29 is 17.6 Å². The van der Waals surface area contributed by atoms with Crippen LogP contribution in [0.3, 0.4) is 0 Å². The minimum absolute atomic E-state index is 0.152. The molecule has 118 valence electrons. The topological polar surface area (TPSA) is 81.3 Å². The predicted octanol–water partition coefficient (Wildman–Crippen LogP) is 2.88. The van der Waals surface area contributed by atoms with Gasteiger partial charge in [-0.05, 0) is 37.3 Å². The minimum Gasteiger partial charge on any atom is -0.459 e. The molecule has 0 unspecified atom stereocenters. The first-order valence-corrected chi connectivity index (χ1v) is 8.26. The molecule has 0 spiro atoms. The van der Waals surface area contributed by atoms with E-state index in [4.69, 9.17) is 4.42 Å². The Kier molecular flexibility index (Phi) is 3.79. The highest BCUT2D eigenvalue weighted by atomic mass is 32.2. The molecule has 1 N–H and O–H groups in total. The first kappa shape index (κ1) is 15.1. The fourth-order valence-electron chi connectivity index (χ4n) is 2.03. The van der Waals surface area contributed by atoms with Gasteiger partial charge in [-0.15, -0.1) is 0 Å². The Morgan fingerprint density at radius 3 is 2.52 bits per heavy atom. The number of aromatic nitrogens is 1. The zero-order chi connectivity index (χ0) is 16.4. The summed E-state index contributed by atoms with van der Waals surface area (Å²) in [6.07, 6.45) is 4.12. The Hall–Kier alpha value is -2.80. The maximum atomic E-state index is 12.5. The van der Waals surface area contributed by atoms with Crippen molar-refractivity contribution in [2.75, 3.05) is 5.32 Å². The molecule has 7 heteroatoms. The first-order chi connectivity index (χ1) is 11.0. The van der Waals surface area contributed by atoms with Gasteiger partial charge in [0.15, 0.2) is 5.76 Å². The summed E-state index contributed by atoms with van der Waals surface area (Å²) in [5, 5.41) is 2.58. The molecule has 1 amide bonds. The molecule has 3 rings (SSSR count). The number of hydrogen-bond acceptors (Lipinski definition) is 4. The van der Waals surface area contributed by atoms with Gasteiger partial charge in [-0.1, -0.05) is 17.7 Å². The average Bonchev–Trinajstić information content (AvgIpc) is 3.19. The maximum absolute atomic E-state index is 12.5. The monoisotopic (exact) mass is 330 g/mol. The minimum atomic E-state index is -3.68. The molecule has 0 saturated heterocycles. The number of nitrogens with one attached hydrogen (secondary N) is 1. The third-order valence-corrected chi connectivity index (χ3v) is 4.92. The van der Waals surface area contributed by atoms with Crippen LogP contribution in [-0.4, -0.2) is 18.3 Å². The summed E-state index contributed by atoms with van der Waals surface area (Å²) in [7, 11) is -3.68. The molecule has 2 aromatic heterocycles. The normalized spacial score (nSPS) is 11.3. The molecule has 0 radical (unpaired) electrons. The van der Waals surface area contributed by atoms with Crippen molar-refractivity contribution in [2.45, 2.75) is 11.8 Å². The molecule has 6 nitrogen and oxygen atoms in total. The van der Waals surface area contributed by atoms with Crippen molar-refractivity contribution in [3.63, 3.8) is 0 Å². The van der Waals surface area contributed by atoms with E-state index < -0.39 is 15.9 Å². The number of amides is 1. The largest absolute Gasteiger partial charge is 0.459 e. The van der Waals surface area contributed by atoms with Gasteiger partial charge in [0.1, 0.15) is 0 Å². The fourth-order valence-corrected chi connectivity index (χ4v) is 3.23. The lowest BCUT2D eigenvalue weighted by molar-refractivity contribution is 0.0996. The standard InChI is InChI=1S/C16H14N2O4S/c1-12-4-6-14(7-5-12)23(20,21)18-9-8-13(11-18)17-16(19)15-3-2-10-22-15/h2-11H,1H3,(H,17,19). The van der Waals surface area contributed by atoms with Crippen LogP contribution in [0.2, 0.25) is 0 Å². The van der Waals surface area contributed by atoms with E-state index in [0.29, 0.717) is 5.69 Å². The molecule has 1 aromatic carbocycles. The summed E-state index contributed by atoms with van der Waals surface area (Å²) in [6, 6.07) is 11.2. The van der Waals surface area contributed by atoms with Crippen LogP contribution in [0.1, 0.15) is 16.1 Å². The molecule has 2 heterocycles. The predicted molar refractivity (Wildman–Crippen MR) is 84.9 cm³/mol. The lowest BCUT2D eigenvalue weighted by Gasteiger charge is -2.06. The number of rotatable bonds is 4. The molecule has 0 atom stereocenters. The Morgan fingerprint density at radius 2 is 1.87 bits per heavy atom. The number of aryl methyl sites for hydroxylation is 1. The van der Waals surface area contributed by atoms with Crippen molar-refractivity contribution in [3.8, 4) is 0 Å². The van der Waals surface area contributed by atoms with Gasteiger partial charge in [0.25, 0.3) is 15.9 Å². The van der Waals surface area contributed by atoms with Crippen LogP contribution in [0.25, 0.3) is 0 Å². The quantitative estimate of drug-likeness (QED) is 0.797. The second kappa shape index (κ2) is 5.77. The third-order valence-electron chi connectivity index (χ3n) is 3.27. The van der Waals surface area contributed by atoms with Crippen LogP contribution in [-0.2, 0) is 10.0 Å². The van der Waals surface area contributed by atoms with E-state index in [1.54, 1.807) is 30.3 Å². The summed E-state index contributed by atoms with van der Waals surface area (Å²) in [6.45, 7) is 1.88. The second-order valence-corrected chi connectivity index (χ2v) is 6.82. The SMILES string of the molecule is Cc1ccc(S(=O)(=O)n2ccc(NC(=O)c3ccco3)c2)cc1. The van der Waals surface area contributed by atoms with E-state index in [2.05, 4.69) is 5.32 Å². The number of nitrogens with zero attached hydrogens (tertiary/aromatic N) is 1. The lowest BCUT2D eigenvalue weighted by Crippen LogP contribution is -2.12. The summed E-state index contributed by atoms with van der Waals surface area (Å²) in [4.78, 5) is 12.1. The van der Waals surface area contributed by atoms with E-state index in [1.165, 1.54) is 30.8 Å². The van der Waals surface area contributed by atoms with Gasteiger partial charge in [-0.25, -0.2) is 12.4 Å². The van der Waals surface area contributed by atoms with Crippen LogP contribution in [0, 0.1) is 6.92 Å². The Bertz CT molecular complexity index is 923. The highest BCUT2D eigenvalue weighted by Gasteiger charge is 2.17. The number of benzene rings is 1. The molecule has 0 aliphatic carbocycles. The highest BCUT2D eigenvalue weighted by molar-refractivity contribution is 7.90. The van der Waals surface area contributed by atoms with Gasteiger partial charge in [-0.3, -0.25) is 4.79 Å². The Labute approximate surface area is 133 Å². The van der Waals surface area contributed by atoms with E-state index >= 15 is 0 Å². The zero-order valence-electron chi connectivity index (χ0n) is 12.3. The highest BCUT2D eigenvalue weighted by Crippen LogP contribution is 2.18. The van der Waals surface area contributed by atoms with Gasteiger partial charge in [0.05, 0.1) is 16.8 Å². The van der Waals surface area contributed by atoms with Gasteiger partial charge >= 0.3 is 0 Å². The molecular weight excluding hydrogens is 316 g/mol. The summed E-state index contributed by atoms with van der Waals surface area (Å²) >= 11 is 0. The number of anilines is 1. The molecule has 0 bridgehead atoms. The van der Waals surface area contributed by atoms with Crippen molar-refractivity contribution in [1.29, 1.82) is 0 Å². The number of hydrogen-bond donors (Lipinski definition) is 1. The van der Waals surface area contributed by atoms with Gasteiger partial charge < -0.3 is 9.73 Å². The third kappa shape index (κ3) is 3.04. The molecule has 3 aromatic rings. The number of furan rings is 1. The summed E-state index contributed by atoms with van der Waals surface area (Å²) in [5.74, 6) is -0.292. The maximum Gasteiger partial charge on any atom is 0.291 e. The second-order valence-electron chi connectivity index (χ2n) is 4.98. The fraction of sp³-hybridized carbons (Fsp3) is 0.0625. The first-order valence-electron chi connectivity index (χ1n) is 6.82. The van der Waals surface area contributed by atoms with Crippen molar-refractivity contribution in [2.24, 2.45) is 0 Å². The van der Waals surface area contributed by atoms with E-state index in [0.717, 1.165) is 9.54 Å². The Morgan fingerprint density at radius 1 is 1.13 bits per heavy atom. The number of carbonyl (C=O) groups is 1. The molecule has 0 aliphatic heterocycles. The summed E-state index contributed by atoms with van der Waals surface area (Å²) in [5.41, 5.74) is 1.34. The van der Waals surface area contributed by atoms with E-state index in [-0.39, 0.29) is 10.7 Å². The van der Waals surface area contributed by atoms with E-state index in [1.807, 2.05) is 6.92 Å². The lowest BCUT2D eigenvalue weighted by atomic mass is 10.2. The van der Waals surface area contributed by atoms with Crippen molar-refractivity contribution >= 4 is 21.6 Å². The molecule has 0 aliphatic rings. The smallest absolute Gasteiger partial charge is 0.291 e. The van der Waals surface area contributed by atoms with Crippen molar-refractivity contribution in [1.82, 2.24) is 3.97 Å². The van der Waals surface area contributed by atoms with Crippen LogP contribution in [0.4, 0.5) is 5.69 Å². The molecule has 0 saturated carbocycles. The number of carbonyl (C=O) groups excluding carboxylic acids is 1. The van der Waals surface area contributed by atoms with Crippen molar-refractivity contribution in [3.05, 3.63) is 72.4 Å². The van der Waals surface area contributed by atoms with Crippen LogP contribution in [0.15, 0.2) is 70.4 Å². The zero-order valence-corrected chi connectivity index (χ0v) is 13.1. The average molecular weight is 330 g/mol. The van der Waals surface area contributed by atoms with E-state index in [9.17, 15) is 13.2 Å². The summed E-state index contributed by atoms with van der Waals surface area (Å²) < 4.78 is 31.1. The van der Waals surface area contributed by atoms with Crippen LogP contribution < -0.4 is 5.32 Å². The van der Waals surface area contributed by atoms with Gasteiger partial charge in [0.2, 0.25) is 0 Å². The molecular formula is C16H14N2O4S. The van der Waals surface area contributed by atoms with Gasteiger partial charge in [0, 0.05) is 12.4 Å².